The van der Waals surface area contributed by atoms with Crippen molar-refractivity contribution in [3.63, 3.8) is 0 Å². The van der Waals surface area contributed by atoms with E-state index >= 15 is 0 Å². The molecule has 3 nitrogen and oxygen atoms in total. The maximum atomic E-state index is 9.85. The van der Waals surface area contributed by atoms with Crippen molar-refractivity contribution in [1.29, 1.82) is 0 Å². The van der Waals surface area contributed by atoms with E-state index in [4.69, 9.17) is 4.74 Å². The number of benzene rings is 1. The number of hydrogen-bond donors (Lipinski definition) is 1. The fourth-order valence-electron chi connectivity index (χ4n) is 2.05. The normalized spacial score (nSPS) is 20.1. The van der Waals surface area contributed by atoms with Crippen molar-refractivity contribution < 1.29 is 9.84 Å². The molecule has 1 heterocycles. The van der Waals surface area contributed by atoms with E-state index in [9.17, 15) is 5.11 Å². The highest BCUT2D eigenvalue weighted by atomic mass is 16.5. The van der Waals surface area contributed by atoms with Gasteiger partial charge in [-0.05, 0) is 12.5 Å². The van der Waals surface area contributed by atoms with E-state index in [0.29, 0.717) is 0 Å². The monoisotopic (exact) mass is 207 g/mol. The molecule has 0 aliphatic carbocycles. The molecule has 1 aromatic rings. The lowest BCUT2D eigenvalue weighted by Crippen LogP contribution is -2.33. The lowest BCUT2D eigenvalue weighted by Gasteiger charge is -2.33. The second kappa shape index (κ2) is 4.64. The van der Waals surface area contributed by atoms with Gasteiger partial charge in [0.25, 0.3) is 0 Å². The Hall–Kier alpha value is -1.06. The highest BCUT2D eigenvalue weighted by molar-refractivity contribution is 5.56. The van der Waals surface area contributed by atoms with E-state index in [-0.39, 0.29) is 6.10 Å². The Labute approximate surface area is 90.3 Å². The van der Waals surface area contributed by atoms with Crippen LogP contribution in [-0.4, -0.2) is 31.9 Å². The van der Waals surface area contributed by atoms with Crippen LogP contribution in [0.25, 0.3) is 0 Å². The van der Waals surface area contributed by atoms with Gasteiger partial charge in [0, 0.05) is 31.5 Å². The van der Waals surface area contributed by atoms with Crippen molar-refractivity contribution in [2.75, 3.05) is 31.7 Å². The summed E-state index contributed by atoms with van der Waals surface area (Å²) >= 11 is 0. The minimum Gasteiger partial charge on any atom is -0.388 e. The van der Waals surface area contributed by atoms with Crippen LogP contribution in [0, 0.1) is 0 Å². The molecule has 0 aromatic heterocycles. The largest absolute Gasteiger partial charge is 0.388 e. The summed E-state index contributed by atoms with van der Waals surface area (Å²) < 4.78 is 5.08. The second-order valence-electron chi connectivity index (χ2n) is 3.84. The number of anilines is 1. The molecule has 1 unspecified atom stereocenters. The molecule has 82 valence electrons. The Morgan fingerprint density at radius 1 is 1.47 bits per heavy atom. The summed E-state index contributed by atoms with van der Waals surface area (Å²) in [6, 6.07) is 8.05. The first-order valence-corrected chi connectivity index (χ1v) is 5.34. The fraction of sp³-hybridized carbons (Fsp3) is 0.500. The minimum absolute atomic E-state index is 0.306. The average molecular weight is 207 g/mol. The molecule has 0 spiro atoms. The van der Waals surface area contributed by atoms with Crippen LogP contribution in [0.3, 0.4) is 0 Å². The van der Waals surface area contributed by atoms with Crippen molar-refractivity contribution in [3.05, 3.63) is 29.8 Å². The van der Waals surface area contributed by atoms with Crippen molar-refractivity contribution in [3.8, 4) is 0 Å². The summed E-state index contributed by atoms with van der Waals surface area (Å²) in [5.74, 6) is 0. The zero-order chi connectivity index (χ0) is 10.7. The Balaban J connectivity index is 2.20. The molecular formula is C12H17NO2. The molecule has 2 rings (SSSR count). The van der Waals surface area contributed by atoms with E-state index < -0.39 is 0 Å². The van der Waals surface area contributed by atoms with Crippen LogP contribution in [0.1, 0.15) is 18.1 Å². The van der Waals surface area contributed by atoms with Crippen molar-refractivity contribution >= 4 is 5.69 Å². The van der Waals surface area contributed by atoms with Gasteiger partial charge < -0.3 is 14.7 Å². The summed E-state index contributed by atoms with van der Waals surface area (Å²) in [5, 5.41) is 9.85. The van der Waals surface area contributed by atoms with E-state index in [1.807, 2.05) is 18.2 Å². The van der Waals surface area contributed by atoms with Gasteiger partial charge in [0.2, 0.25) is 0 Å². The van der Waals surface area contributed by atoms with E-state index in [1.54, 1.807) is 7.11 Å². The lowest BCUT2D eigenvalue weighted by molar-refractivity contribution is 0.160. The molecule has 0 saturated heterocycles. The summed E-state index contributed by atoms with van der Waals surface area (Å²) in [5.41, 5.74) is 2.19. The van der Waals surface area contributed by atoms with Crippen LogP contribution in [0.2, 0.25) is 0 Å². The van der Waals surface area contributed by atoms with Crippen molar-refractivity contribution in [2.24, 2.45) is 0 Å². The molecule has 3 heteroatoms. The fourth-order valence-corrected chi connectivity index (χ4v) is 2.05. The quantitative estimate of drug-likeness (QED) is 0.816. The van der Waals surface area contributed by atoms with E-state index in [1.165, 1.54) is 0 Å². The topological polar surface area (TPSA) is 32.7 Å². The first-order valence-electron chi connectivity index (χ1n) is 5.34. The molecule has 0 amide bonds. The standard InChI is InChI=1S/C12H17NO2/c1-15-9-8-13-7-6-12(14)10-4-2-3-5-11(10)13/h2-5,12,14H,6-9H2,1H3. The predicted octanol–water partition coefficient (Wildman–Crippen LogP) is 1.58. The number of fused-ring (bicyclic) bond motifs is 1. The van der Waals surface area contributed by atoms with Gasteiger partial charge in [0.15, 0.2) is 0 Å². The van der Waals surface area contributed by atoms with Crippen LogP contribution < -0.4 is 4.90 Å². The van der Waals surface area contributed by atoms with Crippen molar-refractivity contribution in [1.82, 2.24) is 0 Å². The molecule has 0 bridgehead atoms. The molecule has 0 fully saturated rings. The van der Waals surface area contributed by atoms with E-state index in [0.717, 1.165) is 37.4 Å². The zero-order valence-corrected chi connectivity index (χ0v) is 9.02. The van der Waals surface area contributed by atoms with Crippen LogP contribution >= 0.6 is 0 Å². The molecule has 0 radical (unpaired) electrons. The average Bonchev–Trinajstić information content (AvgIpc) is 2.29. The number of hydrogen-bond acceptors (Lipinski definition) is 3. The van der Waals surface area contributed by atoms with Crippen LogP contribution in [0.4, 0.5) is 5.69 Å². The predicted molar refractivity (Wildman–Crippen MR) is 60.1 cm³/mol. The molecule has 1 aromatic carbocycles. The van der Waals surface area contributed by atoms with Gasteiger partial charge in [0.05, 0.1) is 12.7 Å². The van der Waals surface area contributed by atoms with Gasteiger partial charge in [-0.15, -0.1) is 0 Å². The summed E-state index contributed by atoms with van der Waals surface area (Å²) in [6.45, 7) is 2.52. The third-order valence-corrected chi connectivity index (χ3v) is 2.87. The number of ether oxygens (including phenoxy) is 1. The third kappa shape index (κ3) is 2.13. The lowest BCUT2D eigenvalue weighted by atomic mass is 9.99. The number of aliphatic hydroxyl groups excluding tert-OH is 1. The third-order valence-electron chi connectivity index (χ3n) is 2.87. The molecular weight excluding hydrogens is 190 g/mol. The molecule has 1 N–H and O–H groups in total. The molecule has 1 aliphatic heterocycles. The summed E-state index contributed by atoms with van der Waals surface area (Å²) in [7, 11) is 1.71. The highest BCUT2D eigenvalue weighted by Crippen LogP contribution is 2.32. The maximum absolute atomic E-state index is 9.85. The number of aliphatic hydroxyl groups is 1. The first kappa shape index (κ1) is 10.5. The van der Waals surface area contributed by atoms with Gasteiger partial charge in [-0.25, -0.2) is 0 Å². The molecule has 1 atom stereocenters. The summed E-state index contributed by atoms with van der Waals surface area (Å²) in [6.07, 6.45) is 0.501. The van der Waals surface area contributed by atoms with Gasteiger partial charge >= 0.3 is 0 Å². The zero-order valence-electron chi connectivity index (χ0n) is 9.02. The van der Waals surface area contributed by atoms with Crippen LogP contribution in [0.15, 0.2) is 24.3 Å². The van der Waals surface area contributed by atoms with Gasteiger partial charge in [-0.3, -0.25) is 0 Å². The minimum atomic E-state index is -0.306. The van der Waals surface area contributed by atoms with Gasteiger partial charge in [0.1, 0.15) is 0 Å². The number of methoxy groups -OCH3 is 1. The SMILES string of the molecule is COCCN1CCC(O)c2ccccc21. The highest BCUT2D eigenvalue weighted by Gasteiger charge is 2.22. The second-order valence-corrected chi connectivity index (χ2v) is 3.84. The number of para-hydroxylation sites is 1. The van der Waals surface area contributed by atoms with E-state index in [2.05, 4.69) is 11.0 Å². The Kier molecular flexibility index (Phi) is 3.23. The Morgan fingerprint density at radius 3 is 3.07 bits per heavy atom. The first-order chi connectivity index (χ1) is 7.33. The van der Waals surface area contributed by atoms with Gasteiger partial charge in [-0.2, -0.15) is 0 Å². The molecule has 0 saturated carbocycles. The molecule has 15 heavy (non-hydrogen) atoms. The van der Waals surface area contributed by atoms with Gasteiger partial charge in [-0.1, -0.05) is 18.2 Å². The van der Waals surface area contributed by atoms with Crippen LogP contribution in [0.5, 0.6) is 0 Å². The number of nitrogens with zero attached hydrogens (tertiary/aromatic N) is 1. The Morgan fingerprint density at radius 2 is 2.27 bits per heavy atom. The summed E-state index contributed by atoms with van der Waals surface area (Å²) in [4.78, 5) is 2.27. The smallest absolute Gasteiger partial charge is 0.0826 e. The maximum Gasteiger partial charge on any atom is 0.0826 e. The number of rotatable bonds is 3. The van der Waals surface area contributed by atoms with Crippen LogP contribution in [-0.2, 0) is 4.74 Å². The van der Waals surface area contributed by atoms with Crippen molar-refractivity contribution in [2.45, 2.75) is 12.5 Å². The Bertz CT molecular complexity index is 327. The molecule has 1 aliphatic rings.